The molecule has 1 unspecified atom stereocenters. The molecule has 0 aliphatic heterocycles. The molecule has 0 aliphatic rings. The van der Waals surface area contributed by atoms with E-state index >= 15 is 0 Å². The van der Waals surface area contributed by atoms with E-state index in [0.29, 0.717) is 6.41 Å². The average molecular weight is 195 g/mol. The summed E-state index contributed by atoms with van der Waals surface area (Å²) in [4.78, 5) is 21.6. The third kappa shape index (κ3) is 5.29. The van der Waals surface area contributed by atoms with Crippen molar-refractivity contribution in [2.75, 3.05) is 33.7 Å². The second-order valence-electron chi connectivity index (χ2n) is 3.22. The molecule has 72 valence electrons. The van der Waals surface area contributed by atoms with Crippen LogP contribution in [0.4, 0.5) is 0 Å². The van der Waals surface area contributed by atoms with Gasteiger partial charge in [0.1, 0.15) is 6.29 Å². The molecule has 0 radical (unpaired) electrons. The van der Waals surface area contributed by atoms with Crippen LogP contribution >= 0.6 is 7.37 Å². The number of carbonyl (C=O) groups is 1. The van der Waals surface area contributed by atoms with E-state index in [2.05, 4.69) is 0 Å². The van der Waals surface area contributed by atoms with Gasteiger partial charge in [0, 0.05) is 7.05 Å². The van der Waals surface area contributed by atoms with Crippen molar-refractivity contribution in [2.24, 2.45) is 0 Å². The van der Waals surface area contributed by atoms with Crippen molar-refractivity contribution in [1.82, 2.24) is 4.90 Å². The third-order valence-corrected chi connectivity index (χ3v) is 3.20. The van der Waals surface area contributed by atoms with E-state index in [1.165, 1.54) is 11.9 Å². The van der Waals surface area contributed by atoms with Crippen molar-refractivity contribution in [3.63, 3.8) is 0 Å². The first-order valence-corrected chi connectivity index (χ1v) is 5.66. The minimum atomic E-state index is -3.16. The Balaban J connectivity index is 4.04. The second kappa shape index (κ2) is 4.60. The summed E-state index contributed by atoms with van der Waals surface area (Å²) in [7, 11) is 1.91. The van der Waals surface area contributed by atoms with Crippen LogP contribution in [0, 0.1) is 0 Å². The first kappa shape index (κ1) is 11.6. The maximum absolute atomic E-state index is 11.3. The van der Waals surface area contributed by atoms with Gasteiger partial charge in [0.15, 0.2) is 6.29 Å². The van der Waals surface area contributed by atoms with Crippen molar-refractivity contribution in [3.05, 3.63) is 0 Å². The molecule has 0 aromatic heterocycles. The molecule has 0 saturated carbocycles. The summed E-state index contributed by atoms with van der Waals surface area (Å²) in [6, 6.07) is 0. The number of amides is 1. The van der Waals surface area contributed by atoms with Crippen LogP contribution in [0.5, 0.6) is 0 Å². The van der Waals surface area contributed by atoms with Gasteiger partial charge in [-0.1, -0.05) is 0 Å². The number of rotatable bonds is 5. The first-order valence-electron chi connectivity index (χ1n) is 3.63. The first-order chi connectivity index (χ1) is 5.37. The van der Waals surface area contributed by atoms with Crippen LogP contribution in [0.25, 0.3) is 0 Å². The molecule has 0 saturated heterocycles. The van der Waals surface area contributed by atoms with Crippen molar-refractivity contribution < 1.29 is 19.2 Å². The molecule has 0 spiro atoms. The fourth-order valence-corrected chi connectivity index (χ4v) is 2.78. The number of hydrogen-bond acceptors (Lipinski definition) is 2. The summed E-state index contributed by atoms with van der Waals surface area (Å²) < 4.78 is 11.3. The zero-order valence-corrected chi connectivity index (χ0v) is 8.54. The van der Waals surface area contributed by atoms with E-state index in [0.717, 1.165) is 4.90 Å². The number of hydrogen-bond donors (Lipinski definition) is 2. The van der Waals surface area contributed by atoms with Crippen molar-refractivity contribution in [3.8, 4) is 0 Å². The zero-order chi connectivity index (χ0) is 9.78. The summed E-state index contributed by atoms with van der Waals surface area (Å²) in [5.74, 6) is 0. The fraction of sp³-hybridized carbons (Fsp3) is 0.833. The lowest BCUT2D eigenvalue weighted by molar-refractivity contribution is -0.846. The maximum Gasteiger partial charge on any atom is 0.271 e. The topological polar surface area (TPSA) is 62.0 Å². The predicted molar refractivity (Wildman–Crippen MR) is 46.2 cm³/mol. The Kier molecular flexibility index (Phi) is 4.45. The summed E-state index contributed by atoms with van der Waals surface area (Å²) in [5, 5.41) is 0. The Bertz CT molecular complexity index is 195. The van der Waals surface area contributed by atoms with Crippen LogP contribution in [0.15, 0.2) is 0 Å². The molecular weight excluding hydrogens is 179 g/mol. The van der Waals surface area contributed by atoms with Crippen molar-refractivity contribution in [2.45, 2.75) is 0 Å². The summed E-state index contributed by atoms with van der Waals surface area (Å²) in [6.45, 7) is 0. The minimum absolute atomic E-state index is 0.0678. The molecule has 0 heterocycles. The van der Waals surface area contributed by atoms with Crippen LogP contribution in [0.2, 0.25) is 0 Å². The maximum atomic E-state index is 11.3. The Labute approximate surface area is 72.4 Å². The highest BCUT2D eigenvalue weighted by molar-refractivity contribution is 7.57. The fourth-order valence-electron chi connectivity index (χ4n) is 0.926. The molecule has 0 aromatic carbocycles. The quantitative estimate of drug-likeness (QED) is 0.410. The smallest absolute Gasteiger partial charge is 0.271 e. The standard InChI is InChI=1S/C6H15N2O3P/c1-7(2)5-12(10,11)6-8(3)4-9/h4H,5-6H2,1-3H3,(H,10,11)/p+1. The second-order valence-corrected chi connectivity index (χ2v) is 5.51. The van der Waals surface area contributed by atoms with Gasteiger partial charge in [-0.15, -0.1) is 0 Å². The normalized spacial score (nSPS) is 15.8. The van der Waals surface area contributed by atoms with Gasteiger partial charge in [0.25, 0.3) is 7.37 Å². The molecule has 0 aromatic rings. The molecule has 1 atom stereocenters. The number of carbonyl (C=O) groups excluding carboxylic acids is 1. The molecular formula is C6H16N2O3P+. The molecule has 0 rings (SSSR count). The highest BCUT2D eigenvalue weighted by Crippen LogP contribution is 2.37. The van der Waals surface area contributed by atoms with Crippen molar-refractivity contribution >= 4 is 13.8 Å². The Morgan fingerprint density at radius 2 is 2.08 bits per heavy atom. The van der Waals surface area contributed by atoms with Crippen molar-refractivity contribution in [1.29, 1.82) is 0 Å². The molecule has 0 bridgehead atoms. The van der Waals surface area contributed by atoms with Crippen LogP contribution < -0.4 is 4.90 Å². The van der Waals surface area contributed by atoms with Crippen LogP contribution in [-0.2, 0) is 9.36 Å². The van der Waals surface area contributed by atoms with Gasteiger partial charge in [-0.3, -0.25) is 9.36 Å². The average Bonchev–Trinajstić information content (AvgIpc) is 1.83. The molecule has 2 N–H and O–H groups in total. The van der Waals surface area contributed by atoms with E-state index in [1.54, 1.807) is 14.1 Å². The number of nitrogens with one attached hydrogen (secondary N) is 1. The third-order valence-electron chi connectivity index (χ3n) is 1.19. The van der Waals surface area contributed by atoms with Gasteiger partial charge in [0.05, 0.1) is 14.1 Å². The number of nitrogens with zero attached hydrogens (tertiary/aromatic N) is 1. The lowest BCUT2D eigenvalue weighted by Crippen LogP contribution is -3.05. The summed E-state index contributed by atoms with van der Waals surface area (Å²) in [5.41, 5.74) is 0. The summed E-state index contributed by atoms with van der Waals surface area (Å²) >= 11 is 0. The lowest BCUT2D eigenvalue weighted by Gasteiger charge is -2.17. The highest BCUT2D eigenvalue weighted by atomic mass is 31.2. The minimum Gasteiger partial charge on any atom is -0.339 e. The highest BCUT2D eigenvalue weighted by Gasteiger charge is 2.23. The van der Waals surface area contributed by atoms with Crippen LogP contribution in [-0.4, -0.2) is 49.9 Å². The van der Waals surface area contributed by atoms with E-state index in [4.69, 9.17) is 0 Å². The van der Waals surface area contributed by atoms with E-state index in [9.17, 15) is 14.3 Å². The van der Waals surface area contributed by atoms with Gasteiger partial charge in [-0.25, -0.2) is 0 Å². The monoisotopic (exact) mass is 195 g/mol. The lowest BCUT2D eigenvalue weighted by atomic mass is 11.0. The Morgan fingerprint density at radius 1 is 1.58 bits per heavy atom. The molecule has 0 fully saturated rings. The zero-order valence-electron chi connectivity index (χ0n) is 7.65. The number of quaternary nitrogens is 1. The molecule has 5 nitrogen and oxygen atoms in total. The largest absolute Gasteiger partial charge is 0.339 e. The van der Waals surface area contributed by atoms with E-state index < -0.39 is 7.37 Å². The molecule has 12 heavy (non-hydrogen) atoms. The predicted octanol–water partition coefficient (Wildman–Crippen LogP) is -1.60. The van der Waals surface area contributed by atoms with Crippen LogP contribution in [0.1, 0.15) is 0 Å². The van der Waals surface area contributed by atoms with Gasteiger partial charge < -0.3 is 14.7 Å². The SMILES string of the molecule is CN(C=O)CP(=O)(O)C[NH+](C)C. The Morgan fingerprint density at radius 3 is 2.42 bits per heavy atom. The van der Waals surface area contributed by atoms with E-state index in [1.807, 2.05) is 0 Å². The van der Waals surface area contributed by atoms with E-state index in [-0.39, 0.29) is 12.6 Å². The van der Waals surface area contributed by atoms with Gasteiger partial charge in [0.2, 0.25) is 6.41 Å². The van der Waals surface area contributed by atoms with Gasteiger partial charge in [-0.05, 0) is 0 Å². The summed E-state index contributed by atoms with van der Waals surface area (Å²) in [6.07, 6.45) is 0.667. The molecule has 0 aliphatic carbocycles. The van der Waals surface area contributed by atoms with Gasteiger partial charge in [-0.2, -0.15) is 0 Å². The van der Waals surface area contributed by atoms with Gasteiger partial charge >= 0.3 is 0 Å². The Hall–Kier alpha value is -0.380. The molecule has 6 heteroatoms. The van der Waals surface area contributed by atoms with Crippen LogP contribution in [0.3, 0.4) is 0 Å². The molecule has 1 amide bonds.